The van der Waals surface area contributed by atoms with Gasteiger partial charge in [-0.25, -0.2) is 8.42 Å². The summed E-state index contributed by atoms with van der Waals surface area (Å²) in [5.41, 5.74) is 2.21. The van der Waals surface area contributed by atoms with Crippen LogP contribution in [-0.4, -0.2) is 26.6 Å². The van der Waals surface area contributed by atoms with E-state index in [1.807, 2.05) is 31.2 Å². The molecule has 1 amide bonds. The first-order chi connectivity index (χ1) is 14.4. The molecule has 1 aromatic heterocycles. The van der Waals surface area contributed by atoms with Crippen LogP contribution in [0.2, 0.25) is 0 Å². The lowest BCUT2D eigenvalue weighted by Crippen LogP contribution is -2.26. The first kappa shape index (κ1) is 22.0. The van der Waals surface area contributed by atoms with E-state index in [0.29, 0.717) is 23.4 Å². The standard InChI is InChI=1S/C22H24N2O4S2/c1-16-6-3-4-8-20(16)24-30(26,27)21-14-18(10-9-17(21)2)22(25)23-11-13-29-15-19-7-5-12-28-19/h3-10,12,14,24H,11,13,15H2,1-2H3,(H,23,25). The zero-order valence-electron chi connectivity index (χ0n) is 16.8. The summed E-state index contributed by atoms with van der Waals surface area (Å²) < 4.78 is 33.7. The maximum Gasteiger partial charge on any atom is 0.262 e. The van der Waals surface area contributed by atoms with Crippen molar-refractivity contribution in [1.29, 1.82) is 0 Å². The summed E-state index contributed by atoms with van der Waals surface area (Å²) in [6.07, 6.45) is 1.63. The molecule has 2 aromatic carbocycles. The highest BCUT2D eigenvalue weighted by Gasteiger charge is 2.20. The number of furan rings is 1. The van der Waals surface area contributed by atoms with E-state index in [9.17, 15) is 13.2 Å². The Balaban J connectivity index is 1.63. The Morgan fingerprint density at radius 3 is 2.57 bits per heavy atom. The molecule has 6 nitrogen and oxygen atoms in total. The number of carbonyl (C=O) groups excluding carboxylic acids is 1. The van der Waals surface area contributed by atoms with E-state index < -0.39 is 10.0 Å². The van der Waals surface area contributed by atoms with Crippen LogP contribution in [-0.2, 0) is 15.8 Å². The van der Waals surface area contributed by atoms with Gasteiger partial charge in [0, 0.05) is 17.9 Å². The largest absolute Gasteiger partial charge is 0.468 e. The predicted molar refractivity (Wildman–Crippen MR) is 120 cm³/mol. The van der Waals surface area contributed by atoms with Gasteiger partial charge in [0.1, 0.15) is 5.76 Å². The van der Waals surface area contributed by atoms with Crippen LogP contribution in [0.25, 0.3) is 0 Å². The number of rotatable bonds is 9. The molecule has 0 aliphatic rings. The molecular weight excluding hydrogens is 420 g/mol. The molecule has 0 atom stereocenters. The summed E-state index contributed by atoms with van der Waals surface area (Å²) in [5.74, 6) is 2.04. The molecule has 8 heteroatoms. The second-order valence-corrected chi connectivity index (χ2v) is 9.54. The molecule has 0 saturated heterocycles. The van der Waals surface area contributed by atoms with Crippen molar-refractivity contribution in [2.75, 3.05) is 17.0 Å². The van der Waals surface area contributed by atoms with Crippen molar-refractivity contribution in [3.63, 3.8) is 0 Å². The second-order valence-electron chi connectivity index (χ2n) is 6.79. The predicted octanol–water partition coefficient (Wildman–Crippen LogP) is 4.36. The Hall–Kier alpha value is -2.71. The topological polar surface area (TPSA) is 88.4 Å². The fourth-order valence-electron chi connectivity index (χ4n) is 2.82. The molecule has 0 bridgehead atoms. The van der Waals surface area contributed by atoms with Crippen LogP contribution >= 0.6 is 11.8 Å². The van der Waals surface area contributed by atoms with E-state index in [1.54, 1.807) is 49.2 Å². The van der Waals surface area contributed by atoms with Gasteiger partial charge in [-0.3, -0.25) is 9.52 Å². The van der Waals surface area contributed by atoms with Gasteiger partial charge < -0.3 is 9.73 Å². The maximum absolute atomic E-state index is 12.9. The summed E-state index contributed by atoms with van der Waals surface area (Å²) in [4.78, 5) is 12.6. The van der Waals surface area contributed by atoms with E-state index in [2.05, 4.69) is 10.0 Å². The molecule has 0 spiro atoms. The monoisotopic (exact) mass is 444 g/mol. The van der Waals surface area contributed by atoms with Crippen molar-refractivity contribution < 1.29 is 17.6 Å². The van der Waals surface area contributed by atoms with E-state index >= 15 is 0 Å². The van der Waals surface area contributed by atoms with Gasteiger partial charge in [-0.1, -0.05) is 24.3 Å². The molecule has 0 radical (unpaired) electrons. The summed E-state index contributed by atoms with van der Waals surface area (Å²) in [5, 5.41) is 2.83. The Kier molecular flexibility index (Phi) is 7.23. The summed E-state index contributed by atoms with van der Waals surface area (Å²) >= 11 is 1.65. The van der Waals surface area contributed by atoms with Crippen molar-refractivity contribution in [1.82, 2.24) is 5.32 Å². The average molecular weight is 445 g/mol. The molecule has 0 fully saturated rings. The Morgan fingerprint density at radius 2 is 1.83 bits per heavy atom. The minimum absolute atomic E-state index is 0.0885. The van der Waals surface area contributed by atoms with Crippen LogP contribution in [0.1, 0.15) is 27.2 Å². The number of sulfonamides is 1. The fourth-order valence-corrected chi connectivity index (χ4v) is 4.98. The summed E-state index contributed by atoms with van der Waals surface area (Å²) in [6.45, 7) is 4.01. The van der Waals surface area contributed by atoms with Crippen LogP contribution in [0.3, 0.4) is 0 Å². The fraction of sp³-hybridized carbons (Fsp3) is 0.227. The van der Waals surface area contributed by atoms with E-state index in [4.69, 9.17) is 4.42 Å². The molecule has 0 aliphatic heterocycles. The molecular formula is C22H24N2O4S2. The highest BCUT2D eigenvalue weighted by atomic mass is 32.2. The highest BCUT2D eigenvalue weighted by molar-refractivity contribution is 7.98. The van der Waals surface area contributed by atoms with Gasteiger partial charge in [0.15, 0.2) is 0 Å². The number of aryl methyl sites for hydroxylation is 2. The minimum atomic E-state index is -3.82. The number of amides is 1. The molecule has 2 N–H and O–H groups in total. The number of hydrogen-bond donors (Lipinski definition) is 2. The maximum atomic E-state index is 12.9. The van der Waals surface area contributed by atoms with Gasteiger partial charge in [-0.2, -0.15) is 11.8 Å². The third kappa shape index (κ3) is 5.67. The van der Waals surface area contributed by atoms with Crippen LogP contribution < -0.4 is 10.0 Å². The number of nitrogens with one attached hydrogen (secondary N) is 2. The van der Waals surface area contributed by atoms with Crippen molar-refractivity contribution in [2.45, 2.75) is 24.5 Å². The lowest BCUT2D eigenvalue weighted by molar-refractivity contribution is 0.0956. The summed E-state index contributed by atoms with van der Waals surface area (Å²) in [7, 11) is -3.82. The average Bonchev–Trinajstić information content (AvgIpc) is 3.23. The number of carbonyl (C=O) groups is 1. The number of hydrogen-bond acceptors (Lipinski definition) is 5. The molecule has 0 unspecified atom stereocenters. The van der Waals surface area contributed by atoms with Gasteiger partial charge in [0.05, 0.1) is 22.6 Å². The Morgan fingerprint density at radius 1 is 1.03 bits per heavy atom. The highest BCUT2D eigenvalue weighted by Crippen LogP contribution is 2.23. The van der Waals surface area contributed by atoms with Gasteiger partial charge >= 0.3 is 0 Å². The minimum Gasteiger partial charge on any atom is -0.468 e. The van der Waals surface area contributed by atoms with E-state index in [-0.39, 0.29) is 10.8 Å². The number of anilines is 1. The third-order valence-corrected chi connectivity index (χ3v) is 6.97. The second kappa shape index (κ2) is 9.86. The van der Waals surface area contributed by atoms with Gasteiger partial charge in [0.2, 0.25) is 0 Å². The molecule has 3 aromatic rings. The Bertz CT molecular complexity index is 1110. The zero-order valence-corrected chi connectivity index (χ0v) is 18.5. The number of para-hydroxylation sites is 1. The van der Waals surface area contributed by atoms with Crippen LogP contribution in [0.4, 0.5) is 5.69 Å². The van der Waals surface area contributed by atoms with Crippen molar-refractivity contribution in [3.05, 3.63) is 83.3 Å². The van der Waals surface area contributed by atoms with Gasteiger partial charge in [-0.05, 0) is 55.3 Å². The zero-order chi connectivity index (χ0) is 21.6. The van der Waals surface area contributed by atoms with Crippen molar-refractivity contribution in [3.8, 4) is 0 Å². The SMILES string of the molecule is Cc1ccccc1NS(=O)(=O)c1cc(C(=O)NCCSCc2ccco2)ccc1C. The molecule has 30 heavy (non-hydrogen) atoms. The first-order valence-electron chi connectivity index (χ1n) is 9.44. The van der Waals surface area contributed by atoms with Gasteiger partial charge in [0.25, 0.3) is 15.9 Å². The summed E-state index contributed by atoms with van der Waals surface area (Å²) in [6, 6.07) is 15.6. The lowest BCUT2D eigenvalue weighted by Gasteiger charge is -2.13. The number of thioether (sulfide) groups is 1. The number of benzene rings is 2. The van der Waals surface area contributed by atoms with E-state index in [0.717, 1.165) is 22.8 Å². The van der Waals surface area contributed by atoms with Crippen LogP contribution in [0.5, 0.6) is 0 Å². The van der Waals surface area contributed by atoms with Crippen molar-refractivity contribution in [2.24, 2.45) is 0 Å². The first-order valence-corrected chi connectivity index (χ1v) is 12.1. The smallest absolute Gasteiger partial charge is 0.262 e. The molecule has 3 rings (SSSR count). The Labute approximate surface area is 181 Å². The van der Waals surface area contributed by atoms with E-state index in [1.165, 1.54) is 6.07 Å². The molecule has 158 valence electrons. The molecule has 0 aliphatic carbocycles. The molecule has 0 saturated carbocycles. The molecule has 1 heterocycles. The van der Waals surface area contributed by atoms with Crippen LogP contribution in [0, 0.1) is 13.8 Å². The van der Waals surface area contributed by atoms with Crippen LogP contribution in [0.15, 0.2) is 70.2 Å². The van der Waals surface area contributed by atoms with Crippen molar-refractivity contribution >= 4 is 33.4 Å². The normalized spacial score (nSPS) is 11.3. The lowest BCUT2D eigenvalue weighted by atomic mass is 10.1. The third-order valence-electron chi connectivity index (χ3n) is 4.49. The van der Waals surface area contributed by atoms with Gasteiger partial charge in [-0.15, -0.1) is 0 Å². The quantitative estimate of drug-likeness (QED) is 0.479.